The fourth-order valence-electron chi connectivity index (χ4n) is 2.54. The average Bonchev–Trinajstić information content (AvgIpc) is 2.58. The van der Waals surface area contributed by atoms with Gasteiger partial charge in [-0.05, 0) is 0 Å². The molecule has 0 spiro atoms. The van der Waals surface area contributed by atoms with E-state index in [-0.39, 0.29) is 6.61 Å². The van der Waals surface area contributed by atoms with Crippen LogP contribution in [-0.4, -0.2) is 117 Å². The van der Waals surface area contributed by atoms with Crippen LogP contribution in [-0.2, 0) is 23.7 Å². The summed E-state index contributed by atoms with van der Waals surface area (Å²) in [5.74, 6) is -1.29. The van der Waals surface area contributed by atoms with Crippen molar-refractivity contribution in [2.24, 2.45) is 0 Å². The molecule has 2 fully saturated rings. The largest absolute Gasteiger partial charge is 0.480 e. The van der Waals surface area contributed by atoms with Crippen molar-refractivity contribution in [3.8, 4) is 0 Å². The van der Waals surface area contributed by atoms with Gasteiger partial charge in [-0.3, -0.25) is 0 Å². The number of carboxylic acid groups (broad SMARTS) is 1. The zero-order valence-electron chi connectivity index (χ0n) is 13.0. The van der Waals surface area contributed by atoms with Crippen LogP contribution in [0.3, 0.4) is 0 Å². The maximum atomic E-state index is 10.5. The van der Waals surface area contributed by atoms with E-state index >= 15 is 0 Å². The lowest BCUT2D eigenvalue weighted by Gasteiger charge is -2.43. The van der Waals surface area contributed by atoms with Gasteiger partial charge in [0.1, 0.15) is 49.3 Å². The summed E-state index contributed by atoms with van der Waals surface area (Å²) in [5.41, 5.74) is 0. The molecule has 9 unspecified atom stereocenters. The highest BCUT2D eigenvalue weighted by Crippen LogP contribution is 2.26. The smallest absolute Gasteiger partial charge is 0.329 e. The third kappa shape index (κ3) is 4.62. The molecule has 2 rings (SSSR count). The van der Waals surface area contributed by atoms with Crippen LogP contribution >= 0.6 is 0 Å². The highest BCUT2D eigenvalue weighted by atomic mass is 16.7. The Morgan fingerprint density at radius 2 is 1.60 bits per heavy atom. The second kappa shape index (κ2) is 8.64. The van der Waals surface area contributed by atoms with Crippen LogP contribution in [0.5, 0.6) is 0 Å². The minimum atomic E-state index is -1.68. The highest BCUT2D eigenvalue weighted by molar-refractivity contribution is 5.68. The second-order valence-electron chi connectivity index (χ2n) is 5.76. The van der Waals surface area contributed by atoms with Crippen LogP contribution in [0.1, 0.15) is 0 Å². The van der Waals surface area contributed by atoms with Gasteiger partial charge in [-0.15, -0.1) is 0 Å². The van der Waals surface area contributed by atoms with Crippen molar-refractivity contribution < 1.29 is 59.5 Å². The summed E-state index contributed by atoms with van der Waals surface area (Å²) in [5, 5.41) is 66.9. The van der Waals surface area contributed by atoms with Gasteiger partial charge in [0.05, 0.1) is 13.2 Å². The molecule has 0 aliphatic carbocycles. The van der Waals surface area contributed by atoms with Crippen LogP contribution in [0, 0.1) is 0 Å². The quantitative estimate of drug-likeness (QED) is 0.236. The summed E-state index contributed by atoms with van der Waals surface area (Å²) in [4.78, 5) is 10.5. The monoisotopic (exact) mass is 370 g/mol. The maximum absolute atomic E-state index is 10.5. The fourth-order valence-corrected chi connectivity index (χ4v) is 2.54. The van der Waals surface area contributed by atoms with E-state index in [1.165, 1.54) is 0 Å². The molecule has 25 heavy (non-hydrogen) atoms. The number of aliphatic hydroxyl groups excluding tert-OH is 6. The number of carbonyl (C=O) groups is 1. The van der Waals surface area contributed by atoms with Crippen molar-refractivity contribution in [3.63, 3.8) is 0 Å². The van der Waals surface area contributed by atoms with Crippen molar-refractivity contribution in [2.75, 3.05) is 19.8 Å². The normalized spacial score (nSPS) is 45.3. The number of aliphatic hydroxyl groups is 6. The molecule has 0 saturated carbocycles. The Balaban J connectivity index is 1.95. The fraction of sp³-hybridized carbons (Fsp3) is 0.923. The maximum Gasteiger partial charge on any atom is 0.329 e. The van der Waals surface area contributed by atoms with E-state index in [1.807, 2.05) is 0 Å². The van der Waals surface area contributed by atoms with Crippen LogP contribution < -0.4 is 0 Å². The molecule has 146 valence electrons. The van der Waals surface area contributed by atoms with Crippen molar-refractivity contribution in [1.82, 2.24) is 0 Å². The molecule has 0 bridgehead atoms. The van der Waals surface area contributed by atoms with Gasteiger partial charge in [0.25, 0.3) is 0 Å². The summed E-state index contributed by atoms with van der Waals surface area (Å²) in [6.07, 6.45) is -13.4. The summed E-state index contributed by atoms with van der Waals surface area (Å²) < 4.78 is 20.3. The second-order valence-corrected chi connectivity index (χ2v) is 5.76. The summed E-state index contributed by atoms with van der Waals surface area (Å²) in [7, 11) is 0. The van der Waals surface area contributed by atoms with E-state index in [2.05, 4.69) is 0 Å². The molecule has 9 atom stereocenters. The Kier molecular flexibility index (Phi) is 7.04. The molecular weight excluding hydrogens is 348 g/mol. The zero-order valence-corrected chi connectivity index (χ0v) is 13.0. The number of ether oxygens (including phenoxy) is 4. The van der Waals surface area contributed by atoms with Gasteiger partial charge in [-0.2, -0.15) is 0 Å². The first-order valence-corrected chi connectivity index (χ1v) is 7.53. The van der Waals surface area contributed by atoms with Gasteiger partial charge in [-0.1, -0.05) is 0 Å². The van der Waals surface area contributed by atoms with Crippen LogP contribution in [0.4, 0.5) is 0 Å². The molecule has 0 radical (unpaired) electrons. The molecule has 12 nitrogen and oxygen atoms in total. The Bertz CT molecular complexity index is 445. The van der Waals surface area contributed by atoms with Gasteiger partial charge in [-0.25, -0.2) is 4.79 Å². The van der Waals surface area contributed by atoms with Crippen LogP contribution in [0.25, 0.3) is 0 Å². The summed E-state index contributed by atoms with van der Waals surface area (Å²) in [6, 6.07) is 0. The lowest BCUT2D eigenvalue weighted by atomic mass is 9.99. The Hall–Kier alpha value is -0.930. The molecule has 2 heterocycles. The number of hydrogen-bond donors (Lipinski definition) is 7. The molecule has 0 aromatic carbocycles. The van der Waals surface area contributed by atoms with Gasteiger partial charge in [0.15, 0.2) is 12.6 Å². The van der Waals surface area contributed by atoms with E-state index in [0.717, 1.165) is 0 Å². The number of carboxylic acids is 1. The predicted molar refractivity (Wildman–Crippen MR) is 74.0 cm³/mol. The summed E-state index contributed by atoms with van der Waals surface area (Å²) in [6.45, 7) is -1.73. The number of rotatable bonds is 6. The van der Waals surface area contributed by atoms with E-state index in [4.69, 9.17) is 29.2 Å². The third-order valence-corrected chi connectivity index (χ3v) is 3.96. The van der Waals surface area contributed by atoms with E-state index in [9.17, 15) is 30.3 Å². The molecule has 0 aromatic heterocycles. The van der Waals surface area contributed by atoms with Gasteiger partial charge in [0, 0.05) is 0 Å². The van der Waals surface area contributed by atoms with Crippen molar-refractivity contribution in [1.29, 1.82) is 0 Å². The Morgan fingerprint density at radius 3 is 2.20 bits per heavy atom. The molecule has 2 aliphatic heterocycles. The Morgan fingerprint density at radius 1 is 0.960 bits per heavy atom. The minimum Gasteiger partial charge on any atom is -0.480 e. The Labute approximate surface area is 141 Å². The minimum absolute atomic E-state index is 0.336. The molecular formula is C13H22O12. The topological polar surface area (TPSA) is 196 Å². The standard InChI is InChI=1S/C13H22O12/c14-1-4-7(17)9(19)11(21)13(24-4)25-5-2-22-12(10(20)8(5)18)23-3-6(15)16/h4-5,7-14,17-21H,1-3H2,(H,15,16). The van der Waals surface area contributed by atoms with Crippen LogP contribution in [0.15, 0.2) is 0 Å². The summed E-state index contributed by atoms with van der Waals surface area (Å²) >= 11 is 0. The van der Waals surface area contributed by atoms with Gasteiger partial charge in [0.2, 0.25) is 0 Å². The lowest BCUT2D eigenvalue weighted by Crippen LogP contribution is -2.62. The zero-order chi connectivity index (χ0) is 18.7. The van der Waals surface area contributed by atoms with Gasteiger partial charge < -0.3 is 54.7 Å². The molecule has 0 aromatic rings. The highest BCUT2D eigenvalue weighted by Gasteiger charge is 2.47. The average molecular weight is 370 g/mol. The molecule has 7 N–H and O–H groups in total. The molecule has 12 heteroatoms. The molecule has 2 saturated heterocycles. The number of hydrogen-bond acceptors (Lipinski definition) is 11. The van der Waals surface area contributed by atoms with Crippen molar-refractivity contribution >= 4 is 5.97 Å². The predicted octanol–water partition coefficient (Wildman–Crippen LogP) is -4.65. The first-order chi connectivity index (χ1) is 11.8. The first-order valence-electron chi connectivity index (χ1n) is 7.53. The van der Waals surface area contributed by atoms with Crippen molar-refractivity contribution in [2.45, 2.75) is 55.3 Å². The molecule has 0 amide bonds. The number of aliphatic carboxylic acids is 1. The third-order valence-electron chi connectivity index (χ3n) is 3.96. The lowest BCUT2D eigenvalue weighted by molar-refractivity contribution is -0.343. The SMILES string of the molecule is O=C(O)COC1OCC(OC2OC(CO)C(O)C(O)C2O)C(O)C1O. The van der Waals surface area contributed by atoms with Gasteiger partial charge >= 0.3 is 5.97 Å². The van der Waals surface area contributed by atoms with Crippen LogP contribution in [0.2, 0.25) is 0 Å². The first kappa shape index (κ1) is 20.4. The van der Waals surface area contributed by atoms with Crippen molar-refractivity contribution in [3.05, 3.63) is 0 Å². The van der Waals surface area contributed by atoms with E-state index in [1.54, 1.807) is 0 Å². The van der Waals surface area contributed by atoms with E-state index < -0.39 is 74.5 Å². The van der Waals surface area contributed by atoms with E-state index in [0.29, 0.717) is 0 Å². The molecule has 2 aliphatic rings.